The van der Waals surface area contributed by atoms with Crippen LogP contribution in [-0.4, -0.2) is 5.91 Å². The van der Waals surface area contributed by atoms with Gasteiger partial charge in [0.25, 0.3) is 0 Å². The minimum absolute atomic E-state index is 0. The molecule has 0 aromatic rings. The Hall–Kier alpha value is 0.0674. The van der Waals surface area contributed by atoms with E-state index >= 15 is 0 Å². The van der Waals surface area contributed by atoms with E-state index in [2.05, 4.69) is 0 Å². The first kappa shape index (κ1) is 10.1. The number of amides is 1. The van der Waals surface area contributed by atoms with Crippen LogP contribution in [0.3, 0.4) is 0 Å². The average molecular weight is 135 g/mol. The van der Waals surface area contributed by atoms with Crippen molar-refractivity contribution in [3.8, 4) is 0 Å². The molecule has 2 nitrogen and oxygen atoms in total. The summed E-state index contributed by atoms with van der Waals surface area (Å²) in [7, 11) is 0. The van der Waals surface area contributed by atoms with Crippen LogP contribution in [0.5, 0.6) is 0 Å². The first-order valence-electron chi connectivity index (χ1n) is 3.60. The second-order valence-electron chi connectivity index (χ2n) is 2.74. The topological polar surface area (TPSA) is 43.1 Å². The third-order valence-corrected chi connectivity index (χ3v) is 2.01. The molecule has 0 aromatic heterocycles. The molecule has 0 aliphatic heterocycles. The molecule has 0 atom stereocenters. The molecule has 1 saturated carbocycles. The Morgan fingerprint density at radius 2 is 1.80 bits per heavy atom. The zero-order valence-electron chi connectivity index (χ0n) is 7.60. The molecule has 1 aliphatic carbocycles. The van der Waals surface area contributed by atoms with Gasteiger partial charge in [0.2, 0.25) is 5.91 Å². The van der Waals surface area contributed by atoms with Gasteiger partial charge in [0.1, 0.15) is 0 Å². The van der Waals surface area contributed by atoms with Gasteiger partial charge in [-0.1, -0.05) is 19.3 Å². The molecule has 2 N–H and O–H groups in total. The summed E-state index contributed by atoms with van der Waals surface area (Å²) in [5, 5.41) is 0. The number of nitrogens with two attached hydrogens (primary N) is 1. The van der Waals surface area contributed by atoms with Crippen molar-refractivity contribution in [2.45, 2.75) is 32.1 Å². The predicted octanol–water partition coefficient (Wildman–Crippen LogP) is -1.83. The van der Waals surface area contributed by atoms with Gasteiger partial charge < -0.3 is 7.16 Å². The fourth-order valence-electron chi connectivity index (χ4n) is 1.39. The fraction of sp³-hybridized carbons (Fsp3) is 0.857. The van der Waals surface area contributed by atoms with Gasteiger partial charge in [0, 0.05) is 5.92 Å². The van der Waals surface area contributed by atoms with Crippen molar-refractivity contribution >= 4 is 5.91 Å². The van der Waals surface area contributed by atoms with E-state index in [-0.39, 0.29) is 32.1 Å². The summed E-state index contributed by atoms with van der Waals surface area (Å²) in [6.45, 7) is 0. The second kappa shape index (κ2) is 4.82. The van der Waals surface area contributed by atoms with Crippen molar-refractivity contribution in [3.05, 3.63) is 0 Å². The zero-order valence-corrected chi connectivity index (χ0v) is 6.60. The smallest absolute Gasteiger partial charge is 1.00 e. The van der Waals surface area contributed by atoms with Gasteiger partial charge >= 0.3 is 18.9 Å². The summed E-state index contributed by atoms with van der Waals surface area (Å²) in [5.41, 5.74) is 5.13. The molecule has 0 unspecified atom stereocenters. The molecule has 0 heterocycles. The summed E-state index contributed by atoms with van der Waals surface area (Å²) in [6, 6.07) is 0. The van der Waals surface area contributed by atoms with Gasteiger partial charge in [0.15, 0.2) is 0 Å². The Kier molecular flexibility index (Phi) is 4.85. The van der Waals surface area contributed by atoms with Crippen LogP contribution in [0.4, 0.5) is 0 Å². The van der Waals surface area contributed by atoms with Crippen molar-refractivity contribution in [2.24, 2.45) is 11.7 Å². The molecule has 0 spiro atoms. The van der Waals surface area contributed by atoms with Crippen LogP contribution in [0.15, 0.2) is 0 Å². The van der Waals surface area contributed by atoms with Gasteiger partial charge in [-0.3, -0.25) is 4.79 Å². The van der Waals surface area contributed by atoms with Crippen LogP contribution in [-0.2, 0) is 4.79 Å². The van der Waals surface area contributed by atoms with E-state index in [9.17, 15) is 4.79 Å². The van der Waals surface area contributed by atoms with E-state index < -0.39 is 0 Å². The van der Waals surface area contributed by atoms with Crippen LogP contribution in [0, 0.1) is 5.92 Å². The molecular weight excluding hydrogens is 121 g/mol. The van der Waals surface area contributed by atoms with E-state index in [4.69, 9.17) is 5.73 Å². The van der Waals surface area contributed by atoms with Gasteiger partial charge in [-0.05, 0) is 12.8 Å². The third kappa shape index (κ3) is 2.77. The average Bonchev–Trinajstić information content (AvgIpc) is 1.90. The molecule has 1 aliphatic rings. The third-order valence-electron chi connectivity index (χ3n) is 2.01. The Balaban J connectivity index is 0. The van der Waals surface area contributed by atoms with Crippen molar-refractivity contribution in [1.29, 1.82) is 0 Å². The van der Waals surface area contributed by atoms with E-state index in [1.54, 1.807) is 0 Å². The zero-order chi connectivity index (χ0) is 6.69. The Morgan fingerprint density at radius 3 is 2.10 bits per heavy atom. The molecule has 0 aromatic carbocycles. The van der Waals surface area contributed by atoms with E-state index in [0.29, 0.717) is 0 Å². The van der Waals surface area contributed by atoms with Crippen LogP contribution in [0.25, 0.3) is 0 Å². The minimum Gasteiger partial charge on any atom is -1.00 e. The molecule has 0 bridgehead atoms. The molecule has 1 fully saturated rings. The number of hydrogen-bond donors (Lipinski definition) is 1. The molecule has 1 amide bonds. The molecule has 1 rings (SSSR count). The minimum atomic E-state index is -0.102. The molecular formula is C7H14LiNO. The van der Waals surface area contributed by atoms with Gasteiger partial charge in [-0.2, -0.15) is 0 Å². The Bertz CT molecular complexity index is 115. The number of primary amides is 1. The maximum Gasteiger partial charge on any atom is 1.00 e. The van der Waals surface area contributed by atoms with Gasteiger partial charge in [-0.15, -0.1) is 0 Å². The summed E-state index contributed by atoms with van der Waals surface area (Å²) in [4.78, 5) is 10.6. The molecule has 10 heavy (non-hydrogen) atoms. The monoisotopic (exact) mass is 135 g/mol. The summed E-state index contributed by atoms with van der Waals surface area (Å²) < 4.78 is 0. The molecule has 3 heteroatoms. The van der Waals surface area contributed by atoms with Gasteiger partial charge in [-0.25, -0.2) is 0 Å². The van der Waals surface area contributed by atoms with Crippen LogP contribution in [0.1, 0.15) is 33.5 Å². The van der Waals surface area contributed by atoms with Crippen molar-refractivity contribution in [1.82, 2.24) is 0 Å². The Morgan fingerprint density at radius 1 is 1.30 bits per heavy atom. The molecule has 0 saturated heterocycles. The van der Waals surface area contributed by atoms with Gasteiger partial charge in [0.05, 0.1) is 0 Å². The van der Waals surface area contributed by atoms with Crippen molar-refractivity contribution in [3.63, 3.8) is 0 Å². The summed E-state index contributed by atoms with van der Waals surface area (Å²) in [6.07, 6.45) is 5.70. The van der Waals surface area contributed by atoms with Crippen molar-refractivity contribution < 1.29 is 25.1 Å². The quantitative estimate of drug-likeness (QED) is 0.422. The number of rotatable bonds is 1. The van der Waals surface area contributed by atoms with E-state index in [1.165, 1.54) is 19.3 Å². The predicted molar refractivity (Wildman–Crippen MR) is 36.9 cm³/mol. The van der Waals surface area contributed by atoms with E-state index in [0.717, 1.165) is 12.8 Å². The van der Waals surface area contributed by atoms with Crippen LogP contribution >= 0.6 is 0 Å². The molecule has 0 radical (unpaired) electrons. The standard InChI is InChI=1S/C7H13NO.Li.H/c8-7(9)6-4-2-1-3-5-6;;/h6H,1-5H2,(H2,8,9);;/q;+1;-1. The van der Waals surface area contributed by atoms with E-state index in [1.807, 2.05) is 0 Å². The first-order valence-corrected chi connectivity index (χ1v) is 3.60. The summed E-state index contributed by atoms with van der Waals surface area (Å²) >= 11 is 0. The number of carbonyl (C=O) groups is 1. The SMILES string of the molecule is NC(=O)C1CCCCC1.[H-].[Li+]. The van der Waals surface area contributed by atoms with Crippen molar-refractivity contribution in [2.75, 3.05) is 0 Å². The first-order chi connectivity index (χ1) is 4.30. The maximum atomic E-state index is 10.6. The van der Waals surface area contributed by atoms with Crippen LogP contribution < -0.4 is 24.6 Å². The normalized spacial score (nSPS) is 19.6. The molecule has 54 valence electrons. The number of hydrogen-bond acceptors (Lipinski definition) is 1. The largest absolute Gasteiger partial charge is 1.00 e. The Labute approximate surface area is 75.2 Å². The maximum absolute atomic E-state index is 10.6. The number of carbonyl (C=O) groups excluding carboxylic acids is 1. The van der Waals surface area contributed by atoms with Crippen LogP contribution in [0.2, 0.25) is 0 Å². The second-order valence-corrected chi connectivity index (χ2v) is 2.74. The fourth-order valence-corrected chi connectivity index (χ4v) is 1.39. The summed E-state index contributed by atoms with van der Waals surface area (Å²) in [5.74, 6) is 0.0912.